The molecular formula is C14H20ClNS. The summed E-state index contributed by atoms with van der Waals surface area (Å²) in [6, 6.07) is 4.26. The van der Waals surface area contributed by atoms with E-state index in [9.17, 15) is 0 Å². The van der Waals surface area contributed by atoms with Gasteiger partial charge in [-0.05, 0) is 62.1 Å². The summed E-state index contributed by atoms with van der Waals surface area (Å²) >= 11 is 7.81. The van der Waals surface area contributed by atoms with E-state index in [1.165, 1.54) is 43.5 Å². The Morgan fingerprint density at radius 1 is 1.47 bits per heavy atom. The van der Waals surface area contributed by atoms with Crippen LogP contribution in [0.2, 0.25) is 4.34 Å². The third-order valence-corrected chi connectivity index (χ3v) is 6.02. The lowest BCUT2D eigenvalue weighted by molar-refractivity contribution is 0.161. The second kappa shape index (κ2) is 4.56. The summed E-state index contributed by atoms with van der Waals surface area (Å²) in [6.45, 7) is 1.17. The quantitative estimate of drug-likeness (QED) is 0.872. The van der Waals surface area contributed by atoms with Crippen molar-refractivity contribution >= 4 is 22.9 Å². The molecule has 0 aromatic carbocycles. The molecule has 3 rings (SSSR count). The van der Waals surface area contributed by atoms with Crippen LogP contribution in [0.1, 0.15) is 30.6 Å². The van der Waals surface area contributed by atoms with Gasteiger partial charge in [0.1, 0.15) is 0 Å². The standard InChI is InChI=1S/C14H20ClNS/c1-16-9-14(7-10-2-3-11(14)6-10)8-12-4-5-13(15)17-12/h4-5,10-11,16H,2-3,6-9H2,1H3. The molecule has 0 radical (unpaired) electrons. The number of fused-ring (bicyclic) bond motifs is 2. The molecule has 1 nitrogen and oxygen atoms in total. The molecular weight excluding hydrogens is 250 g/mol. The fourth-order valence-electron chi connectivity index (χ4n) is 4.20. The number of nitrogens with one attached hydrogen (secondary N) is 1. The van der Waals surface area contributed by atoms with Crippen LogP contribution < -0.4 is 5.32 Å². The van der Waals surface area contributed by atoms with E-state index in [1.807, 2.05) is 6.07 Å². The maximum Gasteiger partial charge on any atom is 0.0931 e. The zero-order valence-electron chi connectivity index (χ0n) is 10.3. The van der Waals surface area contributed by atoms with Gasteiger partial charge in [-0.2, -0.15) is 0 Å². The largest absolute Gasteiger partial charge is 0.319 e. The number of hydrogen-bond acceptors (Lipinski definition) is 2. The van der Waals surface area contributed by atoms with E-state index < -0.39 is 0 Å². The predicted molar refractivity (Wildman–Crippen MR) is 74.8 cm³/mol. The first-order chi connectivity index (χ1) is 8.22. The lowest BCUT2D eigenvalue weighted by atomic mass is 9.70. The molecule has 0 aliphatic heterocycles. The van der Waals surface area contributed by atoms with Crippen molar-refractivity contribution in [1.29, 1.82) is 0 Å². The number of halogens is 1. The van der Waals surface area contributed by atoms with Crippen molar-refractivity contribution in [2.24, 2.45) is 17.3 Å². The molecule has 1 aromatic rings. The molecule has 2 bridgehead atoms. The van der Waals surface area contributed by atoms with Crippen molar-refractivity contribution < 1.29 is 0 Å². The number of hydrogen-bond donors (Lipinski definition) is 1. The molecule has 1 N–H and O–H groups in total. The first-order valence-electron chi connectivity index (χ1n) is 6.61. The Labute approximate surface area is 113 Å². The van der Waals surface area contributed by atoms with Crippen LogP contribution in [-0.2, 0) is 6.42 Å². The van der Waals surface area contributed by atoms with Gasteiger partial charge in [-0.3, -0.25) is 0 Å². The first kappa shape index (κ1) is 12.0. The normalized spacial score (nSPS) is 35.6. The molecule has 3 atom stereocenters. The van der Waals surface area contributed by atoms with Gasteiger partial charge in [0.2, 0.25) is 0 Å². The van der Waals surface area contributed by atoms with Gasteiger partial charge in [-0.15, -0.1) is 11.3 Å². The van der Waals surface area contributed by atoms with Gasteiger partial charge in [0.05, 0.1) is 4.34 Å². The van der Waals surface area contributed by atoms with Gasteiger partial charge in [0.15, 0.2) is 0 Å². The van der Waals surface area contributed by atoms with Gasteiger partial charge in [-0.1, -0.05) is 18.0 Å². The van der Waals surface area contributed by atoms with E-state index in [4.69, 9.17) is 11.6 Å². The summed E-state index contributed by atoms with van der Waals surface area (Å²) in [5.74, 6) is 1.95. The molecule has 2 aliphatic carbocycles. The highest BCUT2D eigenvalue weighted by Crippen LogP contribution is 2.57. The zero-order valence-corrected chi connectivity index (χ0v) is 11.9. The molecule has 0 spiro atoms. The Kier molecular flexibility index (Phi) is 3.22. The smallest absolute Gasteiger partial charge is 0.0931 e. The van der Waals surface area contributed by atoms with Crippen LogP contribution in [-0.4, -0.2) is 13.6 Å². The van der Waals surface area contributed by atoms with Gasteiger partial charge in [-0.25, -0.2) is 0 Å². The van der Waals surface area contributed by atoms with Gasteiger partial charge in [0, 0.05) is 11.4 Å². The highest BCUT2D eigenvalue weighted by atomic mass is 35.5. The minimum Gasteiger partial charge on any atom is -0.319 e. The van der Waals surface area contributed by atoms with Crippen LogP contribution in [0.4, 0.5) is 0 Å². The molecule has 17 heavy (non-hydrogen) atoms. The van der Waals surface area contributed by atoms with Crippen molar-refractivity contribution in [2.75, 3.05) is 13.6 Å². The molecule has 0 saturated heterocycles. The summed E-state index contributed by atoms with van der Waals surface area (Å²) in [5.41, 5.74) is 0.520. The Morgan fingerprint density at radius 2 is 2.35 bits per heavy atom. The second-order valence-electron chi connectivity index (χ2n) is 5.86. The fourth-order valence-corrected chi connectivity index (χ4v) is 5.44. The molecule has 1 aromatic heterocycles. The second-order valence-corrected chi connectivity index (χ2v) is 7.66. The van der Waals surface area contributed by atoms with Gasteiger partial charge < -0.3 is 5.32 Å². The summed E-state index contributed by atoms with van der Waals surface area (Å²) < 4.78 is 0.933. The van der Waals surface area contributed by atoms with Crippen molar-refractivity contribution in [1.82, 2.24) is 5.32 Å². The zero-order chi connectivity index (χ0) is 11.9. The van der Waals surface area contributed by atoms with Gasteiger partial charge in [0.25, 0.3) is 0 Å². The first-order valence-corrected chi connectivity index (χ1v) is 7.80. The highest BCUT2D eigenvalue weighted by Gasteiger charge is 2.50. The SMILES string of the molecule is CNCC1(Cc2ccc(Cl)s2)CC2CCC1C2. The van der Waals surface area contributed by atoms with Crippen LogP contribution in [0, 0.1) is 17.3 Å². The van der Waals surface area contributed by atoms with E-state index in [0.29, 0.717) is 5.41 Å². The molecule has 3 unspecified atom stereocenters. The highest BCUT2D eigenvalue weighted by molar-refractivity contribution is 7.16. The summed E-state index contributed by atoms with van der Waals surface area (Å²) in [4.78, 5) is 1.47. The maximum absolute atomic E-state index is 6.05. The molecule has 2 saturated carbocycles. The molecule has 2 fully saturated rings. The van der Waals surface area contributed by atoms with Crippen LogP contribution in [0.5, 0.6) is 0 Å². The average Bonchev–Trinajstić information content (AvgIpc) is 2.95. The van der Waals surface area contributed by atoms with Crippen LogP contribution in [0.25, 0.3) is 0 Å². The van der Waals surface area contributed by atoms with Crippen molar-refractivity contribution in [2.45, 2.75) is 32.1 Å². The lowest BCUT2D eigenvalue weighted by Crippen LogP contribution is -2.39. The Hall–Kier alpha value is -0.0500. The van der Waals surface area contributed by atoms with E-state index in [1.54, 1.807) is 11.3 Å². The van der Waals surface area contributed by atoms with Crippen LogP contribution >= 0.6 is 22.9 Å². The Balaban J connectivity index is 1.81. The minimum absolute atomic E-state index is 0.520. The lowest BCUT2D eigenvalue weighted by Gasteiger charge is -2.37. The molecule has 2 aliphatic rings. The fraction of sp³-hybridized carbons (Fsp3) is 0.714. The maximum atomic E-state index is 6.05. The summed E-state index contributed by atoms with van der Waals surface area (Å²) in [7, 11) is 2.09. The van der Waals surface area contributed by atoms with E-state index in [-0.39, 0.29) is 0 Å². The molecule has 1 heterocycles. The summed E-state index contributed by atoms with van der Waals surface area (Å²) in [5, 5.41) is 3.43. The van der Waals surface area contributed by atoms with E-state index >= 15 is 0 Å². The van der Waals surface area contributed by atoms with Crippen molar-refractivity contribution in [3.05, 3.63) is 21.3 Å². The minimum atomic E-state index is 0.520. The Bertz CT molecular complexity index is 403. The van der Waals surface area contributed by atoms with Crippen LogP contribution in [0.3, 0.4) is 0 Å². The molecule has 3 heteroatoms. The van der Waals surface area contributed by atoms with Crippen molar-refractivity contribution in [3.8, 4) is 0 Å². The van der Waals surface area contributed by atoms with Gasteiger partial charge >= 0.3 is 0 Å². The monoisotopic (exact) mass is 269 g/mol. The van der Waals surface area contributed by atoms with Crippen molar-refractivity contribution in [3.63, 3.8) is 0 Å². The number of rotatable bonds is 4. The van der Waals surface area contributed by atoms with E-state index in [0.717, 1.165) is 16.2 Å². The van der Waals surface area contributed by atoms with Crippen LogP contribution in [0.15, 0.2) is 12.1 Å². The summed E-state index contributed by atoms with van der Waals surface area (Å²) in [6.07, 6.45) is 7.05. The molecule has 94 valence electrons. The topological polar surface area (TPSA) is 12.0 Å². The third-order valence-electron chi connectivity index (χ3n) is 4.79. The molecule has 0 amide bonds. The van der Waals surface area contributed by atoms with E-state index in [2.05, 4.69) is 18.4 Å². The third kappa shape index (κ3) is 2.16. The number of thiophene rings is 1. The average molecular weight is 270 g/mol. The Morgan fingerprint density at radius 3 is 2.88 bits per heavy atom. The predicted octanol–water partition coefficient (Wildman–Crippen LogP) is 3.97.